The molecule has 0 aromatic heterocycles. The van der Waals surface area contributed by atoms with E-state index in [9.17, 15) is 0 Å². The molecule has 68 valence electrons. The van der Waals surface area contributed by atoms with Gasteiger partial charge in [-0.15, -0.1) is 5.92 Å². The van der Waals surface area contributed by atoms with Crippen LogP contribution in [0.25, 0.3) is 0 Å². The molecule has 0 aliphatic heterocycles. The van der Waals surface area contributed by atoms with E-state index in [1.54, 1.807) is 0 Å². The topological polar surface area (TPSA) is 9.23 Å². The zero-order valence-electron chi connectivity index (χ0n) is 7.64. The van der Waals surface area contributed by atoms with Gasteiger partial charge in [0.1, 0.15) is 6.10 Å². The SMILES string of the molecule is CCC#C[C@H](C)OC/C=C/CBr. The molecular formula is C10H15BrO. The highest BCUT2D eigenvalue weighted by molar-refractivity contribution is 9.09. The lowest BCUT2D eigenvalue weighted by molar-refractivity contribution is 0.129. The predicted molar refractivity (Wildman–Crippen MR) is 56.4 cm³/mol. The summed E-state index contributed by atoms with van der Waals surface area (Å²) in [4.78, 5) is 0. The molecule has 0 heterocycles. The van der Waals surface area contributed by atoms with Crippen molar-refractivity contribution < 1.29 is 4.74 Å². The van der Waals surface area contributed by atoms with Crippen LogP contribution in [-0.2, 0) is 4.74 Å². The van der Waals surface area contributed by atoms with Crippen molar-refractivity contribution in [1.29, 1.82) is 0 Å². The van der Waals surface area contributed by atoms with Crippen molar-refractivity contribution in [2.75, 3.05) is 11.9 Å². The van der Waals surface area contributed by atoms with E-state index in [-0.39, 0.29) is 6.10 Å². The molecule has 0 bridgehead atoms. The van der Waals surface area contributed by atoms with Crippen molar-refractivity contribution in [1.82, 2.24) is 0 Å². The van der Waals surface area contributed by atoms with Crippen molar-refractivity contribution in [3.63, 3.8) is 0 Å². The Morgan fingerprint density at radius 1 is 1.50 bits per heavy atom. The van der Waals surface area contributed by atoms with E-state index in [0.717, 1.165) is 11.8 Å². The molecule has 12 heavy (non-hydrogen) atoms. The molecule has 1 atom stereocenters. The molecule has 0 aromatic rings. The van der Waals surface area contributed by atoms with Gasteiger partial charge < -0.3 is 4.74 Å². The number of rotatable bonds is 4. The van der Waals surface area contributed by atoms with Crippen LogP contribution in [0.5, 0.6) is 0 Å². The van der Waals surface area contributed by atoms with E-state index < -0.39 is 0 Å². The Hall–Kier alpha value is -0.260. The fraction of sp³-hybridized carbons (Fsp3) is 0.600. The molecule has 0 spiro atoms. The van der Waals surface area contributed by atoms with Crippen LogP contribution >= 0.6 is 15.9 Å². The monoisotopic (exact) mass is 230 g/mol. The molecule has 1 nitrogen and oxygen atoms in total. The summed E-state index contributed by atoms with van der Waals surface area (Å²) in [6.07, 6.45) is 4.94. The number of hydrogen-bond acceptors (Lipinski definition) is 1. The highest BCUT2D eigenvalue weighted by Crippen LogP contribution is 1.90. The Balaban J connectivity index is 3.43. The second-order valence-corrected chi connectivity index (χ2v) is 2.92. The van der Waals surface area contributed by atoms with Crippen molar-refractivity contribution in [3.8, 4) is 11.8 Å². The van der Waals surface area contributed by atoms with E-state index in [0.29, 0.717) is 6.61 Å². The van der Waals surface area contributed by atoms with Crippen molar-refractivity contribution in [3.05, 3.63) is 12.2 Å². The van der Waals surface area contributed by atoms with Gasteiger partial charge in [0, 0.05) is 11.8 Å². The average molecular weight is 231 g/mol. The Morgan fingerprint density at radius 2 is 2.25 bits per heavy atom. The smallest absolute Gasteiger partial charge is 0.115 e. The second kappa shape index (κ2) is 8.83. The Bertz CT molecular complexity index is 176. The summed E-state index contributed by atoms with van der Waals surface area (Å²) in [6, 6.07) is 0. The van der Waals surface area contributed by atoms with Crippen LogP contribution in [-0.4, -0.2) is 18.0 Å². The van der Waals surface area contributed by atoms with E-state index in [1.165, 1.54) is 0 Å². The van der Waals surface area contributed by atoms with E-state index in [2.05, 4.69) is 27.8 Å². The molecule has 0 aromatic carbocycles. The summed E-state index contributed by atoms with van der Waals surface area (Å²) in [5, 5.41) is 0.880. The molecule has 0 aliphatic carbocycles. The summed E-state index contributed by atoms with van der Waals surface area (Å²) in [7, 11) is 0. The minimum absolute atomic E-state index is 0.0462. The van der Waals surface area contributed by atoms with E-state index in [1.807, 2.05) is 26.0 Å². The van der Waals surface area contributed by atoms with Crippen molar-refractivity contribution in [2.24, 2.45) is 0 Å². The summed E-state index contributed by atoms with van der Waals surface area (Å²) < 4.78 is 5.36. The number of allylic oxidation sites excluding steroid dienone is 1. The summed E-state index contributed by atoms with van der Waals surface area (Å²) >= 11 is 3.29. The average Bonchev–Trinajstić information content (AvgIpc) is 2.09. The molecule has 0 saturated heterocycles. The zero-order chi connectivity index (χ0) is 9.23. The van der Waals surface area contributed by atoms with Gasteiger partial charge in [0.2, 0.25) is 0 Å². The molecule has 0 amide bonds. The van der Waals surface area contributed by atoms with Crippen LogP contribution in [0.4, 0.5) is 0 Å². The van der Waals surface area contributed by atoms with Gasteiger partial charge in [-0.25, -0.2) is 0 Å². The third-order valence-corrected chi connectivity index (χ3v) is 1.55. The zero-order valence-corrected chi connectivity index (χ0v) is 9.23. The Labute approximate surface area is 83.3 Å². The summed E-state index contributed by atoms with van der Waals surface area (Å²) in [5.74, 6) is 5.97. The fourth-order valence-electron chi connectivity index (χ4n) is 0.618. The summed E-state index contributed by atoms with van der Waals surface area (Å²) in [5.41, 5.74) is 0. The minimum atomic E-state index is 0.0462. The highest BCUT2D eigenvalue weighted by Gasteiger charge is 1.91. The van der Waals surface area contributed by atoms with Crippen LogP contribution in [0.1, 0.15) is 20.3 Å². The molecule has 0 aliphatic rings. The van der Waals surface area contributed by atoms with Gasteiger partial charge in [-0.3, -0.25) is 0 Å². The lowest BCUT2D eigenvalue weighted by atomic mass is 10.3. The number of ether oxygens (including phenoxy) is 1. The molecule has 0 radical (unpaired) electrons. The molecule has 0 unspecified atom stereocenters. The maximum Gasteiger partial charge on any atom is 0.115 e. The number of halogens is 1. The van der Waals surface area contributed by atoms with Crippen LogP contribution in [0.2, 0.25) is 0 Å². The molecule has 0 N–H and O–H groups in total. The standard InChI is InChI=1S/C10H15BrO/c1-3-4-7-10(2)12-9-6-5-8-11/h5-6,10H,3,8-9H2,1-2H3/b6-5+/t10-/m0/s1. The van der Waals surface area contributed by atoms with Crippen LogP contribution in [0.3, 0.4) is 0 Å². The first-order valence-electron chi connectivity index (χ1n) is 4.12. The van der Waals surface area contributed by atoms with Crippen molar-refractivity contribution in [2.45, 2.75) is 26.4 Å². The van der Waals surface area contributed by atoms with E-state index in [4.69, 9.17) is 4.74 Å². The fourth-order valence-corrected chi connectivity index (χ4v) is 0.883. The van der Waals surface area contributed by atoms with E-state index >= 15 is 0 Å². The first kappa shape index (κ1) is 11.7. The number of hydrogen-bond donors (Lipinski definition) is 0. The van der Waals surface area contributed by atoms with Crippen molar-refractivity contribution >= 4 is 15.9 Å². The molecule has 0 rings (SSSR count). The first-order chi connectivity index (χ1) is 5.81. The maximum atomic E-state index is 5.36. The summed E-state index contributed by atoms with van der Waals surface area (Å²) in [6.45, 7) is 4.64. The van der Waals surface area contributed by atoms with Crippen LogP contribution in [0.15, 0.2) is 12.2 Å². The third-order valence-electron chi connectivity index (χ3n) is 1.18. The minimum Gasteiger partial charge on any atom is -0.362 e. The Kier molecular flexibility index (Phi) is 8.64. The normalized spacial score (nSPS) is 12.6. The van der Waals surface area contributed by atoms with Crippen LogP contribution in [0, 0.1) is 11.8 Å². The second-order valence-electron chi connectivity index (χ2n) is 2.28. The molecule has 2 heteroatoms. The predicted octanol–water partition coefficient (Wildman–Crippen LogP) is 2.76. The third kappa shape index (κ3) is 7.84. The first-order valence-corrected chi connectivity index (χ1v) is 5.24. The lowest BCUT2D eigenvalue weighted by Gasteiger charge is -2.02. The van der Waals surface area contributed by atoms with Crippen LogP contribution < -0.4 is 0 Å². The van der Waals surface area contributed by atoms with Gasteiger partial charge in [0.05, 0.1) is 6.61 Å². The molecule has 0 fully saturated rings. The molecular weight excluding hydrogens is 216 g/mol. The number of alkyl halides is 1. The van der Waals surface area contributed by atoms with Gasteiger partial charge in [-0.1, -0.05) is 40.9 Å². The Morgan fingerprint density at radius 3 is 2.83 bits per heavy atom. The van der Waals surface area contributed by atoms with Gasteiger partial charge in [0.15, 0.2) is 0 Å². The quantitative estimate of drug-likeness (QED) is 0.410. The maximum absolute atomic E-state index is 5.36. The highest BCUT2D eigenvalue weighted by atomic mass is 79.9. The van der Waals surface area contributed by atoms with Gasteiger partial charge in [-0.05, 0) is 6.92 Å². The van der Waals surface area contributed by atoms with Gasteiger partial charge in [0.25, 0.3) is 0 Å². The van der Waals surface area contributed by atoms with Gasteiger partial charge in [-0.2, -0.15) is 0 Å². The largest absolute Gasteiger partial charge is 0.362 e. The lowest BCUT2D eigenvalue weighted by Crippen LogP contribution is -2.04. The van der Waals surface area contributed by atoms with Gasteiger partial charge >= 0.3 is 0 Å². The molecule has 0 saturated carbocycles.